The maximum absolute atomic E-state index is 4.42. The van der Waals surface area contributed by atoms with E-state index in [1.807, 2.05) is 12.4 Å². The fraction of sp³-hybridized carbons (Fsp3) is 0. The van der Waals surface area contributed by atoms with E-state index in [9.17, 15) is 0 Å². The van der Waals surface area contributed by atoms with Crippen LogP contribution in [-0.2, 0) is 0 Å². The molecule has 0 N–H and O–H groups in total. The summed E-state index contributed by atoms with van der Waals surface area (Å²) in [4.78, 5) is 6.84. The van der Waals surface area contributed by atoms with Crippen LogP contribution in [0.3, 0.4) is 0 Å². The predicted molar refractivity (Wildman–Crippen MR) is 190 cm³/mol. The molecule has 2 nitrogen and oxygen atoms in total. The molecule has 206 valence electrons. The van der Waals surface area contributed by atoms with E-state index in [0.717, 1.165) is 17.1 Å². The fourth-order valence-electron chi connectivity index (χ4n) is 6.65. The molecular weight excluding hydrogens is 553 g/mol. The normalized spacial score (nSPS) is 11.6. The molecule has 0 saturated heterocycles. The van der Waals surface area contributed by atoms with Gasteiger partial charge in [-0.1, -0.05) is 103 Å². The number of aromatic nitrogens is 1. The van der Waals surface area contributed by atoms with Crippen LogP contribution in [0.5, 0.6) is 0 Å². The second-order valence-corrected chi connectivity index (χ2v) is 12.3. The Morgan fingerprint density at radius 2 is 1.16 bits per heavy atom. The van der Waals surface area contributed by atoms with Crippen LogP contribution in [0, 0.1) is 0 Å². The van der Waals surface area contributed by atoms with Crippen molar-refractivity contribution in [3.63, 3.8) is 0 Å². The third-order valence-electron chi connectivity index (χ3n) is 8.74. The lowest BCUT2D eigenvalue weighted by molar-refractivity contribution is 1.31. The largest absolute Gasteiger partial charge is 0.310 e. The molecule has 9 rings (SSSR count). The minimum absolute atomic E-state index is 1.12. The number of nitrogens with zero attached hydrogens (tertiary/aromatic N) is 2. The Morgan fingerprint density at radius 1 is 0.455 bits per heavy atom. The van der Waals surface area contributed by atoms with Crippen LogP contribution in [0.25, 0.3) is 63.6 Å². The lowest BCUT2D eigenvalue weighted by Gasteiger charge is -2.27. The summed E-state index contributed by atoms with van der Waals surface area (Å²) in [7, 11) is 0. The van der Waals surface area contributed by atoms with Crippen molar-refractivity contribution in [3.8, 4) is 11.1 Å². The number of pyridine rings is 1. The van der Waals surface area contributed by atoms with E-state index < -0.39 is 0 Å². The summed E-state index contributed by atoms with van der Waals surface area (Å²) in [6.45, 7) is 0. The molecule has 3 heteroatoms. The molecular formula is C41H26N2S. The van der Waals surface area contributed by atoms with E-state index in [0.29, 0.717) is 0 Å². The van der Waals surface area contributed by atoms with Crippen LogP contribution in [0.2, 0.25) is 0 Å². The number of anilines is 3. The van der Waals surface area contributed by atoms with Gasteiger partial charge in [0.2, 0.25) is 0 Å². The number of hydrogen-bond donors (Lipinski definition) is 0. The van der Waals surface area contributed by atoms with E-state index in [1.54, 1.807) is 11.3 Å². The summed E-state index contributed by atoms with van der Waals surface area (Å²) in [6.07, 6.45) is 3.88. The van der Waals surface area contributed by atoms with Gasteiger partial charge in [-0.15, -0.1) is 11.3 Å². The van der Waals surface area contributed by atoms with Gasteiger partial charge >= 0.3 is 0 Å². The third kappa shape index (κ3) is 3.98. The van der Waals surface area contributed by atoms with Gasteiger partial charge < -0.3 is 4.90 Å². The molecule has 0 saturated carbocycles. The molecule has 0 aliphatic heterocycles. The molecule has 7 aromatic carbocycles. The number of fused-ring (bicyclic) bond motifs is 8. The lowest BCUT2D eigenvalue weighted by Crippen LogP contribution is -2.10. The molecule has 0 unspecified atom stereocenters. The zero-order valence-corrected chi connectivity index (χ0v) is 24.6. The second kappa shape index (κ2) is 10.0. The van der Waals surface area contributed by atoms with Gasteiger partial charge in [0.1, 0.15) is 0 Å². The highest BCUT2D eigenvalue weighted by Crippen LogP contribution is 2.45. The fourth-order valence-corrected chi connectivity index (χ4v) is 7.75. The zero-order chi connectivity index (χ0) is 29.0. The smallest absolute Gasteiger partial charge is 0.0554 e. The van der Waals surface area contributed by atoms with Crippen molar-refractivity contribution in [1.82, 2.24) is 4.98 Å². The van der Waals surface area contributed by atoms with Gasteiger partial charge in [-0.25, -0.2) is 0 Å². The molecule has 0 amide bonds. The summed E-state index contributed by atoms with van der Waals surface area (Å²) in [5.74, 6) is 0. The van der Waals surface area contributed by atoms with Crippen LogP contribution in [0.15, 0.2) is 158 Å². The Bertz CT molecular complexity index is 2490. The SMILES string of the molecule is c1ccc(-c2ccc(N(c3ccc4ccc5c6ccccc6ccc5c4c3)c3cccc4sc5cnccc5c34)cc2)cc1. The summed E-state index contributed by atoms with van der Waals surface area (Å²) in [5.41, 5.74) is 5.84. The molecule has 0 aliphatic rings. The lowest BCUT2D eigenvalue weighted by atomic mass is 9.96. The summed E-state index contributed by atoms with van der Waals surface area (Å²) in [5, 5.41) is 10.1. The average molecular weight is 579 g/mol. The average Bonchev–Trinajstić information content (AvgIpc) is 3.48. The van der Waals surface area contributed by atoms with Gasteiger partial charge in [-0.05, 0) is 85.9 Å². The highest BCUT2D eigenvalue weighted by Gasteiger charge is 2.19. The first-order valence-corrected chi connectivity index (χ1v) is 15.7. The van der Waals surface area contributed by atoms with Crippen molar-refractivity contribution in [3.05, 3.63) is 158 Å². The van der Waals surface area contributed by atoms with Crippen molar-refractivity contribution in [1.29, 1.82) is 0 Å². The van der Waals surface area contributed by atoms with Crippen molar-refractivity contribution >= 4 is 80.9 Å². The maximum atomic E-state index is 4.42. The minimum Gasteiger partial charge on any atom is -0.310 e. The van der Waals surface area contributed by atoms with Gasteiger partial charge in [0.25, 0.3) is 0 Å². The molecule has 9 aromatic rings. The Labute approximate surface area is 259 Å². The zero-order valence-electron chi connectivity index (χ0n) is 23.8. The van der Waals surface area contributed by atoms with Gasteiger partial charge in [0, 0.05) is 39.2 Å². The number of rotatable bonds is 4. The monoisotopic (exact) mass is 578 g/mol. The molecule has 0 atom stereocenters. The Morgan fingerprint density at radius 3 is 2.02 bits per heavy atom. The van der Waals surface area contributed by atoms with E-state index in [2.05, 4.69) is 155 Å². The quantitative estimate of drug-likeness (QED) is 0.193. The molecule has 0 radical (unpaired) electrons. The van der Waals surface area contributed by atoms with Crippen molar-refractivity contribution < 1.29 is 0 Å². The molecule has 0 fully saturated rings. The van der Waals surface area contributed by atoms with Crippen LogP contribution in [-0.4, -0.2) is 4.98 Å². The molecule has 2 heterocycles. The Hall–Kier alpha value is -5.51. The Balaban J connectivity index is 1.30. The van der Waals surface area contributed by atoms with Gasteiger partial charge in [-0.2, -0.15) is 0 Å². The van der Waals surface area contributed by atoms with E-state index in [1.165, 1.54) is 63.6 Å². The van der Waals surface area contributed by atoms with Crippen LogP contribution >= 0.6 is 11.3 Å². The first-order valence-electron chi connectivity index (χ1n) is 14.9. The first kappa shape index (κ1) is 25.0. The Kier molecular flexibility index (Phi) is 5.71. The maximum Gasteiger partial charge on any atom is 0.0554 e. The number of hydrogen-bond acceptors (Lipinski definition) is 3. The van der Waals surface area contributed by atoms with Gasteiger partial charge in [0.15, 0.2) is 0 Å². The minimum atomic E-state index is 1.12. The molecule has 0 aliphatic carbocycles. The molecule has 44 heavy (non-hydrogen) atoms. The third-order valence-corrected chi connectivity index (χ3v) is 9.84. The predicted octanol–water partition coefficient (Wildman–Crippen LogP) is 12.0. The number of benzene rings is 7. The van der Waals surface area contributed by atoms with Gasteiger partial charge in [0.05, 0.1) is 10.4 Å². The molecule has 0 bridgehead atoms. The standard InChI is InChI=1S/C41H26N2S/c1-2-7-27(8-3-1)28-13-18-31(19-14-28)43(38-11-6-12-39-41(38)36-23-24-42-26-40(36)44-39)32-20-15-30-17-21-34-33-10-5-4-9-29(33)16-22-35(34)37(30)25-32/h1-26H. The van der Waals surface area contributed by atoms with Crippen LogP contribution in [0.1, 0.15) is 0 Å². The van der Waals surface area contributed by atoms with Crippen molar-refractivity contribution in [2.75, 3.05) is 4.90 Å². The van der Waals surface area contributed by atoms with E-state index in [-0.39, 0.29) is 0 Å². The molecule has 0 spiro atoms. The summed E-state index contributed by atoms with van der Waals surface area (Å²) >= 11 is 1.80. The van der Waals surface area contributed by atoms with E-state index >= 15 is 0 Å². The van der Waals surface area contributed by atoms with Crippen molar-refractivity contribution in [2.45, 2.75) is 0 Å². The second-order valence-electron chi connectivity index (χ2n) is 11.2. The van der Waals surface area contributed by atoms with Crippen LogP contribution < -0.4 is 4.90 Å². The summed E-state index contributed by atoms with van der Waals surface area (Å²) < 4.78 is 2.46. The highest BCUT2D eigenvalue weighted by atomic mass is 32.1. The number of thiophene rings is 1. The summed E-state index contributed by atoms with van der Waals surface area (Å²) in [6, 6.07) is 52.9. The van der Waals surface area contributed by atoms with Crippen molar-refractivity contribution in [2.24, 2.45) is 0 Å². The first-order chi connectivity index (χ1) is 21.8. The topological polar surface area (TPSA) is 16.1 Å². The van der Waals surface area contributed by atoms with E-state index in [4.69, 9.17) is 0 Å². The highest BCUT2D eigenvalue weighted by molar-refractivity contribution is 7.25. The molecule has 2 aromatic heterocycles. The van der Waals surface area contributed by atoms with Gasteiger partial charge in [-0.3, -0.25) is 4.98 Å². The van der Waals surface area contributed by atoms with Crippen LogP contribution in [0.4, 0.5) is 17.1 Å².